The fourth-order valence-corrected chi connectivity index (χ4v) is 5.68. The number of rotatable bonds is 4. The number of fused-ring (bicyclic) bond motifs is 1. The number of nitrogens with two attached hydrogens (primary N) is 1. The van der Waals surface area contributed by atoms with Crippen molar-refractivity contribution in [3.05, 3.63) is 43.7 Å². The van der Waals surface area contributed by atoms with E-state index in [2.05, 4.69) is 26.1 Å². The van der Waals surface area contributed by atoms with Crippen LogP contribution in [-0.2, 0) is 12.8 Å². The van der Waals surface area contributed by atoms with Gasteiger partial charge >= 0.3 is 0 Å². The van der Waals surface area contributed by atoms with Crippen LogP contribution in [0.5, 0.6) is 5.75 Å². The van der Waals surface area contributed by atoms with Crippen molar-refractivity contribution in [3.8, 4) is 5.75 Å². The SMILES string of the molecule is COc1c(Cl)cc(Cl)cc1C(=O)Nc1sc2c(c1C(N)=O)CCC(C(C)(C)C)C2. The molecule has 8 heteroatoms. The van der Waals surface area contributed by atoms with Crippen LogP contribution in [0.15, 0.2) is 12.1 Å². The molecule has 1 aliphatic rings. The van der Waals surface area contributed by atoms with Crippen molar-refractivity contribution in [2.45, 2.75) is 40.0 Å². The molecule has 3 N–H and O–H groups in total. The Kier molecular flexibility index (Phi) is 6.18. The molecule has 2 aromatic rings. The molecule has 156 valence electrons. The van der Waals surface area contributed by atoms with E-state index in [9.17, 15) is 9.59 Å². The Morgan fingerprint density at radius 2 is 1.97 bits per heavy atom. The van der Waals surface area contributed by atoms with Gasteiger partial charge in [0, 0.05) is 9.90 Å². The van der Waals surface area contributed by atoms with Gasteiger partial charge in [-0.15, -0.1) is 11.3 Å². The van der Waals surface area contributed by atoms with Crippen molar-refractivity contribution in [1.29, 1.82) is 0 Å². The molecule has 0 bridgehead atoms. The fourth-order valence-electron chi connectivity index (χ4n) is 3.78. The van der Waals surface area contributed by atoms with E-state index >= 15 is 0 Å². The number of primary amides is 1. The Bertz CT molecular complexity index is 979. The molecule has 0 radical (unpaired) electrons. The fraction of sp³-hybridized carbons (Fsp3) is 0.429. The van der Waals surface area contributed by atoms with Crippen LogP contribution in [0.4, 0.5) is 5.00 Å². The highest BCUT2D eigenvalue weighted by atomic mass is 35.5. The summed E-state index contributed by atoms with van der Waals surface area (Å²) in [5.74, 6) is -0.268. The van der Waals surface area contributed by atoms with Gasteiger partial charge in [0.1, 0.15) is 10.8 Å². The van der Waals surface area contributed by atoms with Crippen LogP contribution in [0.3, 0.4) is 0 Å². The molecule has 1 unspecified atom stereocenters. The minimum atomic E-state index is -0.539. The Labute approximate surface area is 184 Å². The number of hydrogen-bond donors (Lipinski definition) is 2. The molecule has 1 atom stereocenters. The van der Waals surface area contributed by atoms with Crippen LogP contribution in [0, 0.1) is 11.3 Å². The van der Waals surface area contributed by atoms with Gasteiger partial charge in [0.05, 0.1) is 23.3 Å². The molecule has 0 saturated heterocycles. The molecular weight excluding hydrogens is 431 g/mol. The minimum absolute atomic E-state index is 0.170. The van der Waals surface area contributed by atoms with E-state index in [-0.39, 0.29) is 21.8 Å². The van der Waals surface area contributed by atoms with Gasteiger partial charge < -0.3 is 15.8 Å². The van der Waals surface area contributed by atoms with Gasteiger partial charge in [0.25, 0.3) is 11.8 Å². The Hall–Kier alpha value is -1.76. The van der Waals surface area contributed by atoms with Crippen LogP contribution >= 0.6 is 34.5 Å². The van der Waals surface area contributed by atoms with E-state index in [4.69, 9.17) is 33.7 Å². The number of amides is 2. The summed E-state index contributed by atoms with van der Waals surface area (Å²) in [7, 11) is 1.43. The lowest BCUT2D eigenvalue weighted by molar-refractivity contribution is 0.1000. The number of carbonyl (C=O) groups excluding carboxylic acids is 2. The summed E-state index contributed by atoms with van der Waals surface area (Å²) in [5, 5.41) is 3.84. The largest absolute Gasteiger partial charge is 0.494 e. The summed E-state index contributed by atoms with van der Waals surface area (Å²) in [5.41, 5.74) is 7.39. The third-order valence-corrected chi connectivity index (χ3v) is 7.09. The van der Waals surface area contributed by atoms with Gasteiger partial charge in [-0.3, -0.25) is 9.59 Å². The smallest absolute Gasteiger partial charge is 0.260 e. The standard InChI is InChI=1S/C21H24Cl2N2O3S/c1-21(2,3)10-5-6-12-15(7-10)29-20(16(12)18(24)26)25-19(27)13-8-11(22)9-14(23)17(13)28-4/h8-10H,5-7H2,1-4H3,(H2,24,26)(H,25,27). The van der Waals surface area contributed by atoms with Crippen molar-refractivity contribution < 1.29 is 14.3 Å². The summed E-state index contributed by atoms with van der Waals surface area (Å²) in [6.07, 6.45) is 2.62. The first-order valence-corrected chi connectivity index (χ1v) is 10.9. The van der Waals surface area contributed by atoms with Gasteiger partial charge in [0.2, 0.25) is 0 Å². The lowest BCUT2D eigenvalue weighted by Gasteiger charge is -2.33. The number of thiophene rings is 1. The third kappa shape index (κ3) is 4.39. The van der Waals surface area contributed by atoms with E-state index in [1.165, 1.54) is 30.6 Å². The molecule has 0 saturated carbocycles. The second-order valence-corrected chi connectivity index (χ2v) is 10.2. The van der Waals surface area contributed by atoms with Crippen LogP contribution in [0.1, 0.15) is 58.3 Å². The normalized spacial score (nSPS) is 16.3. The average Bonchev–Trinajstić information content (AvgIpc) is 2.97. The van der Waals surface area contributed by atoms with Crippen LogP contribution < -0.4 is 15.8 Å². The Balaban J connectivity index is 1.98. The number of benzene rings is 1. The van der Waals surface area contributed by atoms with E-state index < -0.39 is 11.8 Å². The van der Waals surface area contributed by atoms with Gasteiger partial charge in [-0.1, -0.05) is 44.0 Å². The lowest BCUT2D eigenvalue weighted by atomic mass is 9.72. The maximum absolute atomic E-state index is 13.0. The quantitative estimate of drug-likeness (QED) is 0.633. The molecule has 1 aromatic carbocycles. The first-order chi connectivity index (χ1) is 13.5. The monoisotopic (exact) mass is 454 g/mol. The average molecular weight is 455 g/mol. The molecular formula is C21H24Cl2N2O3S. The zero-order valence-corrected chi connectivity index (χ0v) is 19.1. The Morgan fingerprint density at radius 3 is 2.55 bits per heavy atom. The number of hydrogen-bond acceptors (Lipinski definition) is 4. The lowest BCUT2D eigenvalue weighted by Crippen LogP contribution is -2.27. The maximum Gasteiger partial charge on any atom is 0.260 e. The van der Waals surface area contributed by atoms with Crippen molar-refractivity contribution >= 4 is 51.4 Å². The van der Waals surface area contributed by atoms with Crippen LogP contribution in [0.25, 0.3) is 0 Å². The number of anilines is 1. The topological polar surface area (TPSA) is 81.4 Å². The Morgan fingerprint density at radius 1 is 1.28 bits per heavy atom. The number of nitrogens with one attached hydrogen (secondary N) is 1. The third-order valence-electron chi connectivity index (χ3n) is 5.42. The second kappa shape index (κ2) is 8.17. The molecule has 29 heavy (non-hydrogen) atoms. The number of methoxy groups -OCH3 is 1. The van der Waals surface area contributed by atoms with Crippen LogP contribution in [-0.4, -0.2) is 18.9 Å². The first kappa shape index (κ1) is 21.9. The molecule has 1 heterocycles. The minimum Gasteiger partial charge on any atom is -0.494 e. The number of ether oxygens (including phenoxy) is 1. The van der Waals surface area contributed by atoms with Gasteiger partial charge in [-0.2, -0.15) is 0 Å². The summed E-state index contributed by atoms with van der Waals surface area (Å²) in [6, 6.07) is 2.98. The summed E-state index contributed by atoms with van der Waals surface area (Å²) >= 11 is 13.6. The van der Waals surface area contributed by atoms with Gasteiger partial charge in [0.15, 0.2) is 0 Å². The molecule has 5 nitrogen and oxygen atoms in total. The highest BCUT2D eigenvalue weighted by Gasteiger charge is 2.33. The summed E-state index contributed by atoms with van der Waals surface area (Å²) in [4.78, 5) is 26.3. The van der Waals surface area contributed by atoms with E-state index in [0.717, 1.165) is 29.7 Å². The highest BCUT2D eigenvalue weighted by Crippen LogP contribution is 2.44. The number of halogens is 2. The van der Waals surface area contributed by atoms with Crippen molar-refractivity contribution in [3.63, 3.8) is 0 Å². The maximum atomic E-state index is 13.0. The number of carbonyl (C=O) groups is 2. The van der Waals surface area contributed by atoms with Crippen molar-refractivity contribution in [2.75, 3.05) is 12.4 Å². The molecule has 3 rings (SSSR count). The highest BCUT2D eigenvalue weighted by molar-refractivity contribution is 7.17. The van der Waals surface area contributed by atoms with Gasteiger partial charge in [-0.05, 0) is 48.3 Å². The zero-order valence-electron chi connectivity index (χ0n) is 16.8. The predicted octanol–water partition coefficient (Wildman–Crippen LogP) is 5.57. The molecule has 0 aliphatic heterocycles. The molecule has 1 aliphatic carbocycles. The molecule has 1 aromatic heterocycles. The molecule has 2 amide bonds. The van der Waals surface area contributed by atoms with Crippen molar-refractivity contribution in [2.24, 2.45) is 17.1 Å². The van der Waals surface area contributed by atoms with Crippen LogP contribution in [0.2, 0.25) is 10.0 Å². The van der Waals surface area contributed by atoms with E-state index in [1.54, 1.807) is 0 Å². The summed E-state index contributed by atoms with van der Waals surface area (Å²) in [6.45, 7) is 6.68. The first-order valence-electron chi connectivity index (χ1n) is 9.31. The van der Waals surface area contributed by atoms with Crippen molar-refractivity contribution in [1.82, 2.24) is 0 Å². The predicted molar refractivity (Wildman–Crippen MR) is 119 cm³/mol. The van der Waals surface area contributed by atoms with E-state index in [0.29, 0.717) is 21.5 Å². The second-order valence-electron chi connectivity index (χ2n) is 8.30. The molecule has 0 fully saturated rings. The molecule has 0 spiro atoms. The van der Waals surface area contributed by atoms with E-state index in [1.807, 2.05) is 0 Å². The zero-order chi connectivity index (χ0) is 21.5. The van der Waals surface area contributed by atoms with Gasteiger partial charge in [-0.25, -0.2) is 0 Å². The summed E-state index contributed by atoms with van der Waals surface area (Å²) < 4.78 is 5.26.